The van der Waals surface area contributed by atoms with E-state index < -0.39 is 0 Å². The smallest absolute Gasteiger partial charge is 0.0718 e. The first-order chi connectivity index (χ1) is 12.9. The van der Waals surface area contributed by atoms with Gasteiger partial charge in [0.15, 0.2) is 0 Å². The van der Waals surface area contributed by atoms with E-state index >= 15 is 0 Å². The number of hydrogen-bond donors (Lipinski definition) is 0. The minimum atomic E-state index is 0.579. The van der Waals surface area contributed by atoms with E-state index in [1.54, 1.807) is 0 Å². The minimum absolute atomic E-state index is 0.579. The Labute approximate surface area is 158 Å². The second-order valence-electron chi connectivity index (χ2n) is 6.05. The molecule has 0 spiro atoms. The van der Waals surface area contributed by atoms with Gasteiger partial charge in [-0.1, -0.05) is 56.5 Å². The van der Waals surface area contributed by atoms with Crippen LogP contribution >= 0.6 is 0 Å². The Hall–Kier alpha value is -0.980. The highest BCUT2D eigenvalue weighted by Crippen LogP contribution is 2.00. The zero-order valence-corrected chi connectivity index (χ0v) is 16.3. The lowest BCUT2D eigenvalue weighted by Crippen LogP contribution is -2.13. The van der Waals surface area contributed by atoms with Gasteiger partial charge in [-0.2, -0.15) is 0 Å². The van der Waals surface area contributed by atoms with E-state index in [1.807, 2.05) is 18.2 Å². The Bertz CT molecular complexity index is 385. The van der Waals surface area contributed by atoms with Crippen LogP contribution in [0.3, 0.4) is 0 Å². The predicted octanol–water partition coefficient (Wildman–Crippen LogP) is 3.85. The summed E-state index contributed by atoms with van der Waals surface area (Å²) in [5.74, 6) is 0. The van der Waals surface area contributed by atoms with E-state index in [4.69, 9.17) is 23.7 Å². The van der Waals surface area contributed by atoms with Crippen LogP contribution in [0.15, 0.2) is 30.3 Å². The van der Waals surface area contributed by atoms with Gasteiger partial charge in [0, 0.05) is 6.61 Å². The second kappa shape index (κ2) is 18.8. The van der Waals surface area contributed by atoms with Gasteiger partial charge in [-0.15, -0.1) is 0 Å². The van der Waals surface area contributed by atoms with E-state index in [0.717, 1.165) is 13.0 Å². The van der Waals surface area contributed by atoms with Crippen molar-refractivity contribution in [2.24, 2.45) is 0 Å². The topological polar surface area (TPSA) is 46.2 Å². The van der Waals surface area contributed by atoms with Gasteiger partial charge in [-0.3, -0.25) is 0 Å². The second-order valence-corrected chi connectivity index (χ2v) is 6.05. The highest BCUT2D eigenvalue weighted by molar-refractivity contribution is 5.13. The first-order valence-electron chi connectivity index (χ1n) is 9.86. The van der Waals surface area contributed by atoms with Crippen LogP contribution in [0, 0.1) is 0 Å². The van der Waals surface area contributed by atoms with Crippen molar-refractivity contribution in [3.63, 3.8) is 0 Å². The van der Waals surface area contributed by atoms with Crippen LogP contribution in [0.2, 0.25) is 0 Å². The molecule has 1 aromatic carbocycles. The molecule has 0 unspecified atom stereocenters. The Morgan fingerprint density at radius 1 is 0.538 bits per heavy atom. The van der Waals surface area contributed by atoms with Crippen LogP contribution in [0.5, 0.6) is 0 Å². The normalized spacial score (nSPS) is 11.1. The van der Waals surface area contributed by atoms with Gasteiger partial charge < -0.3 is 23.7 Å². The van der Waals surface area contributed by atoms with E-state index in [1.165, 1.54) is 24.8 Å². The maximum absolute atomic E-state index is 5.54. The molecule has 0 heterocycles. The molecule has 26 heavy (non-hydrogen) atoms. The average molecular weight is 369 g/mol. The summed E-state index contributed by atoms with van der Waals surface area (Å²) in [6.45, 7) is 8.50. The lowest BCUT2D eigenvalue weighted by atomic mass is 10.2. The molecule has 150 valence electrons. The van der Waals surface area contributed by atoms with E-state index in [2.05, 4.69) is 19.1 Å². The summed E-state index contributed by atoms with van der Waals surface area (Å²) in [4.78, 5) is 0. The van der Waals surface area contributed by atoms with E-state index in [0.29, 0.717) is 59.5 Å². The third-order valence-corrected chi connectivity index (χ3v) is 3.74. The maximum Gasteiger partial charge on any atom is 0.0718 e. The van der Waals surface area contributed by atoms with Crippen LogP contribution in [0.25, 0.3) is 0 Å². The first-order valence-corrected chi connectivity index (χ1v) is 9.86. The third-order valence-electron chi connectivity index (χ3n) is 3.74. The van der Waals surface area contributed by atoms with Crippen LogP contribution in [0.1, 0.15) is 38.2 Å². The van der Waals surface area contributed by atoms with Gasteiger partial charge in [0.1, 0.15) is 0 Å². The third kappa shape index (κ3) is 15.3. The summed E-state index contributed by atoms with van der Waals surface area (Å²) < 4.78 is 27.4. The largest absolute Gasteiger partial charge is 0.379 e. The summed E-state index contributed by atoms with van der Waals surface area (Å²) in [5, 5.41) is 0. The molecule has 1 aromatic rings. The first kappa shape index (κ1) is 23.1. The number of benzene rings is 1. The van der Waals surface area contributed by atoms with Crippen molar-refractivity contribution in [1.82, 2.24) is 0 Å². The zero-order valence-electron chi connectivity index (χ0n) is 16.3. The molecule has 0 fully saturated rings. The summed E-state index contributed by atoms with van der Waals surface area (Å²) >= 11 is 0. The molecule has 0 aromatic heterocycles. The maximum atomic E-state index is 5.54. The lowest BCUT2D eigenvalue weighted by molar-refractivity contribution is -0.0126. The fourth-order valence-electron chi connectivity index (χ4n) is 2.27. The highest BCUT2D eigenvalue weighted by atomic mass is 16.6. The Morgan fingerprint density at radius 3 is 1.58 bits per heavy atom. The van der Waals surface area contributed by atoms with Crippen molar-refractivity contribution in [3.05, 3.63) is 35.9 Å². The molecular formula is C21H36O5. The number of rotatable bonds is 19. The molecule has 0 bridgehead atoms. The molecule has 0 saturated carbocycles. The molecule has 0 atom stereocenters. The van der Waals surface area contributed by atoms with Crippen LogP contribution < -0.4 is 0 Å². The molecule has 0 aliphatic rings. The number of unbranched alkanes of at least 4 members (excludes halogenated alkanes) is 3. The molecule has 5 nitrogen and oxygen atoms in total. The van der Waals surface area contributed by atoms with Gasteiger partial charge in [0.05, 0.1) is 59.5 Å². The molecule has 0 radical (unpaired) electrons. The van der Waals surface area contributed by atoms with E-state index in [-0.39, 0.29) is 0 Å². The van der Waals surface area contributed by atoms with Crippen LogP contribution in [-0.2, 0) is 30.3 Å². The summed E-state index contributed by atoms with van der Waals surface area (Å²) in [7, 11) is 0. The monoisotopic (exact) mass is 368 g/mol. The van der Waals surface area contributed by atoms with Gasteiger partial charge in [-0.05, 0) is 12.0 Å². The van der Waals surface area contributed by atoms with Gasteiger partial charge >= 0.3 is 0 Å². The standard InChI is InChI=1S/C21H36O5/c1-2-3-4-8-11-22-12-13-23-14-15-24-16-17-25-18-19-26-20-21-9-6-5-7-10-21/h5-7,9-10H,2-4,8,11-20H2,1H3. The van der Waals surface area contributed by atoms with Gasteiger partial charge in [0.2, 0.25) is 0 Å². The predicted molar refractivity (Wildman–Crippen MR) is 104 cm³/mol. The molecule has 0 amide bonds. The number of hydrogen-bond acceptors (Lipinski definition) is 5. The van der Waals surface area contributed by atoms with Crippen LogP contribution in [0.4, 0.5) is 0 Å². The molecule has 1 rings (SSSR count). The zero-order chi connectivity index (χ0) is 18.5. The molecule has 0 saturated heterocycles. The molecule has 5 heteroatoms. The lowest BCUT2D eigenvalue weighted by Gasteiger charge is -2.08. The SMILES string of the molecule is CCCCCCOCCOCCOCCOCCOCc1ccccc1. The number of ether oxygens (including phenoxy) is 5. The fourth-order valence-corrected chi connectivity index (χ4v) is 2.27. The molecule has 0 N–H and O–H groups in total. The molecular weight excluding hydrogens is 332 g/mol. The fraction of sp³-hybridized carbons (Fsp3) is 0.714. The van der Waals surface area contributed by atoms with Gasteiger partial charge in [-0.25, -0.2) is 0 Å². The van der Waals surface area contributed by atoms with Crippen LogP contribution in [-0.4, -0.2) is 59.5 Å². The van der Waals surface area contributed by atoms with E-state index in [9.17, 15) is 0 Å². The molecule has 0 aliphatic heterocycles. The summed E-state index contributed by atoms with van der Waals surface area (Å²) in [6.07, 6.45) is 4.96. The summed E-state index contributed by atoms with van der Waals surface area (Å²) in [6, 6.07) is 10.1. The Morgan fingerprint density at radius 2 is 1.04 bits per heavy atom. The summed E-state index contributed by atoms with van der Waals surface area (Å²) in [5.41, 5.74) is 1.18. The van der Waals surface area contributed by atoms with Crippen molar-refractivity contribution < 1.29 is 23.7 Å². The Kier molecular flexibility index (Phi) is 16.7. The quantitative estimate of drug-likeness (QED) is 0.347. The average Bonchev–Trinajstić information content (AvgIpc) is 2.68. The Balaban J connectivity index is 1.68. The highest BCUT2D eigenvalue weighted by Gasteiger charge is 1.95. The van der Waals surface area contributed by atoms with Crippen molar-refractivity contribution in [1.29, 1.82) is 0 Å². The minimum Gasteiger partial charge on any atom is -0.379 e. The van der Waals surface area contributed by atoms with Gasteiger partial charge in [0.25, 0.3) is 0 Å². The van der Waals surface area contributed by atoms with Crippen molar-refractivity contribution in [2.45, 2.75) is 39.2 Å². The van der Waals surface area contributed by atoms with Crippen molar-refractivity contribution in [2.75, 3.05) is 59.5 Å². The van der Waals surface area contributed by atoms with Crippen molar-refractivity contribution >= 4 is 0 Å². The molecule has 0 aliphatic carbocycles. The van der Waals surface area contributed by atoms with Crippen molar-refractivity contribution in [3.8, 4) is 0 Å².